The molecule has 3 rings (SSSR count). The van der Waals surface area contributed by atoms with Crippen molar-refractivity contribution >= 4 is 5.91 Å². The SMILES string of the molecule is COc1cccc(-c2cccc(C(=O)NC[C@@]3(O)CCCNCC3)c2)c1. The Bertz CT molecular complexity index is 752. The van der Waals surface area contributed by atoms with Crippen LogP contribution in [0.5, 0.6) is 5.75 Å². The van der Waals surface area contributed by atoms with Gasteiger partial charge in [0.05, 0.1) is 12.7 Å². The Balaban J connectivity index is 1.70. The van der Waals surface area contributed by atoms with Crippen LogP contribution in [0.25, 0.3) is 11.1 Å². The van der Waals surface area contributed by atoms with Crippen LogP contribution < -0.4 is 15.4 Å². The monoisotopic (exact) mass is 354 g/mol. The van der Waals surface area contributed by atoms with Crippen molar-refractivity contribution in [2.75, 3.05) is 26.7 Å². The first-order valence-electron chi connectivity index (χ1n) is 9.05. The molecule has 0 unspecified atom stereocenters. The molecule has 5 heteroatoms. The summed E-state index contributed by atoms with van der Waals surface area (Å²) in [6.07, 6.45) is 2.26. The maximum atomic E-state index is 12.6. The molecule has 0 radical (unpaired) electrons. The van der Waals surface area contributed by atoms with Gasteiger partial charge in [0.2, 0.25) is 0 Å². The van der Waals surface area contributed by atoms with Gasteiger partial charge in [-0.05, 0) is 67.7 Å². The van der Waals surface area contributed by atoms with Crippen LogP contribution in [0.2, 0.25) is 0 Å². The lowest BCUT2D eigenvalue weighted by molar-refractivity contribution is 0.0276. The second-order valence-corrected chi connectivity index (χ2v) is 6.82. The van der Waals surface area contributed by atoms with Gasteiger partial charge in [0.1, 0.15) is 5.75 Å². The van der Waals surface area contributed by atoms with Gasteiger partial charge in [-0.25, -0.2) is 0 Å². The highest BCUT2D eigenvalue weighted by molar-refractivity contribution is 5.95. The van der Waals surface area contributed by atoms with Gasteiger partial charge in [0.15, 0.2) is 0 Å². The van der Waals surface area contributed by atoms with Gasteiger partial charge >= 0.3 is 0 Å². The maximum Gasteiger partial charge on any atom is 0.251 e. The number of aliphatic hydroxyl groups is 1. The van der Waals surface area contributed by atoms with Gasteiger partial charge < -0.3 is 20.5 Å². The number of hydrogen-bond acceptors (Lipinski definition) is 4. The van der Waals surface area contributed by atoms with E-state index in [2.05, 4.69) is 10.6 Å². The Morgan fingerprint density at radius 3 is 2.73 bits per heavy atom. The zero-order valence-electron chi connectivity index (χ0n) is 15.1. The Morgan fingerprint density at radius 1 is 1.15 bits per heavy atom. The molecular formula is C21H26N2O3. The molecule has 0 saturated carbocycles. The van der Waals surface area contributed by atoms with Crippen molar-refractivity contribution in [3.05, 3.63) is 54.1 Å². The molecule has 1 saturated heterocycles. The maximum absolute atomic E-state index is 12.6. The van der Waals surface area contributed by atoms with E-state index in [9.17, 15) is 9.90 Å². The van der Waals surface area contributed by atoms with Crippen molar-refractivity contribution in [2.45, 2.75) is 24.9 Å². The van der Waals surface area contributed by atoms with E-state index in [-0.39, 0.29) is 12.5 Å². The van der Waals surface area contributed by atoms with E-state index >= 15 is 0 Å². The molecule has 3 N–H and O–H groups in total. The molecule has 2 aromatic carbocycles. The fourth-order valence-electron chi connectivity index (χ4n) is 3.28. The average Bonchev–Trinajstić information content (AvgIpc) is 2.91. The minimum absolute atomic E-state index is 0.166. The van der Waals surface area contributed by atoms with E-state index in [1.54, 1.807) is 13.2 Å². The lowest BCUT2D eigenvalue weighted by atomic mass is 9.94. The normalized spacial score (nSPS) is 20.2. The Kier molecular flexibility index (Phi) is 5.91. The zero-order chi connectivity index (χ0) is 18.4. The summed E-state index contributed by atoms with van der Waals surface area (Å²) in [6.45, 7) is 1.97. The number of methoxy groups -OCH3 is 1. The minimum Gasteiger partial charge on any atom is -0.497 e. The molecule has 1 fully saturated rings. The number of hydrogen-bond donors (Lipinski definition) is 3. The number of benzene rings is 2. The summed E-state index contributed by atoms with van der Waals surface area (Å²) in [5.41, 5.74) is 1.70. The van der Waals surface area contributed by atoms with Crippen LogP contribution in [0.15, 0.2) is 48.5 Å². The van der Waals surface area contributed by atoms with Crippen molar-refractivity contribution in [2.24, 2.45) is 0 Å². The summed E-state index contributed by atoms with van der Waals surface area (Å²) >= 11 is 0. The van der Waals surface area contributed by atoms with E-state index in [0.29, 0.717) is 18.4 Å². The quantitative estimate of drug-likeness (QED) is 0.772. The van der Waals surface area contributed by atoms with Crippen LogP contribution in [-0.2, 0) is 0 Å². The molecule has 1 heterocycles. The summed E-state index contributed by atoms with van der Waals surface area (Å²) in [5.74, 6) is 0.613. The van der Waals surface area contributed by atoms with E-state index in [1.807, 2.05) is 42.5 Å². The summed E-state index contributed by atoms with van der Waals surface area (Å²) in [5, 5.41) is 16.8. The minimum atomic E-state index is -0.830. The van der Waals surface area contributed by atoms with E-state index in [0.717, 1.165) is 36.4 Å². The predicted molar refractivity (Wildman–Crippen MR) is 102 cm³/mol. The van der Waals surface area contributed by atoms with E-state index in [1.165, 1.54) is 0 Å². The molecule has 0 aliphatic carbocycles. The summed E-state index contributed by atoms with van der Waals surface area (Å²) in [7, 11) is 1.64. The van der Waals surface area contributed by atoms with Crippen LogP contribution in [0.3, 0.4) is 0 Å². The molecule has 0 bridgehead atoms. The topological polar surface area (TPSA) is 70.6 Å². The average molecular weight is 354 g/mol. The lowest BCUT2D eigenvalue weighted by Gasteiger charge is -2.26. The van der Waals surface area contributed by atoms with Crippen LogP contribution in [-0.4, -0.2) is 43.4 Å². The Hall–Kier alpha value is -2.37. The van der Waals surface area contributed by atoms with Crippen molar-refractivity contribution < 1.29 is 14.6 Å². The smallest absolute Gasteiger partial charge is 0.251 e. The molecule has 1 atom stereocenters. The zero-order valence-corrected chi connectivity index (χ0v) is 15.1. The first kappa shape index (κ1) is 18.4. The number of carbonyl (C=O) groups is 1. The predicted octanol–water partition coefficient (Wildman–Crippen LogP) is 2.60. The summed E-state index contributed by atoms with van der Waals surface area (Å²) in [6, 6.07) is 15.2. The molecule has 1 amide bonds. The van der Waals surface area contributed by atoms with Crippen molar-refractivity contribution in [1.29, 1.82) is 0 Å². The van der Waals surface area contributed by atoms with Crippen LogP contribution in [0.4, 0.5) is 0 Å². The third-order valence-corrected chi connectivity index (χ3v) is 4.87. The van der Waals surface area contributed by atoms with Crippen molar-refractivity contribution in [3.8, 4) is 16.9 Å². The largest absolute Gasteiger partial charge is 0.497 e. The van der Waals surface area contributed by atoms with Crippen LogP contribution in [0.1, 0.15) is 29.6 Å². The Morgan fingerprint density at radius 2 is 1.92 bits per heavy atom. The fraction of sp³-hybridized carbons (Fsp3) is 0.381. The number of rotatable bonds is 5. The van der Waals surface area contributed by atoms with Gasteiger partial charge in [0.25, 0.3) is 5.91 Å². The number of ether oxygens (including phenoxy) is 1. The van der Waals surface area contributed by atoms with Crippen molar-refractivity contribution in [1.82, 2.24) is 10.6 Å². The second kappa shape index (κ2) is 8.34. The van der Waals surface area contributed by atoms with Gasteiger partial charge in [-0.3, -0.25) is 4.79 Å². The molecule has 1 aliphatic heterocycles. The molecule has 5 nitrogen and oxygen atoms in total. The third-order valence-electron chi connectivity index (χ3n) is 4.87. The number of nitrogens with one attached hydrogen (secondary N) is 2. The first-order valence-corrected chi connectivity index (χ1v) is 9.05. The molecule has 26 heavy (non-hydrogen) atoms. The van der Waals surface area contributed by atoms with E-state index in [4.69, 9.17) is 4.74 Å². The highest BCUT2D eigenvalue weighted by Gasteiger charge is 2.28. The van der Waals surface area contributed by atoms with Crippen LogP contribution in [0, 0.1) is 0 Å². The van der Waals surface area contributed by atoms with Gasteiger partial charge in [-0.15, -0.1) is 0 Å². The summed E-state index contributed by atoms with van der Waals surface area (Å²) < 4.78 is 5.27. The van der Waals surface area contributed by atoms with Crippen LogP contribution >= 0.6 is 0 Å². The molecule has 1 aliphatic rings. The molecular weight excluding hydrogens is 328 g/mol. The Labute approximate surface area is 154 Å². The summed E-state index contributed by atoms with van der Waals surface area (Å²) in [4.78, 5) is 12.6. The number of carbonyl (C=O) groups excluding carboxylic acids is 1. The van der Waals surface area contributed by atoms with Gasteiger partial charge in [0, 0.05) is 12.1 Å². The molecule has 138 valence electrons. The van der Waals surface area contributed by atoms with Gasteiger partial charge in [-0.2, -0.15) is 0 Å². The van der Waals surface area contributed by atoms with Gasteiger partial charge in [-0.1, -0.05) is 24.3 Å². The molecule has 0 spiro atoms. The fourth-order valence-corrected chi connectivity index (χ4v) is 3.28. The second-order valence-electron chi connectivity index (χ2n) is 6.82. The standard InChI is InChI=1S/C21H26N2O3/c1-26-19-8-3-6-17(14-19)16-5-2-7-18(13-16)20(24)23-15-21(25)9-4-11-22-12-10-21/h2-3,5-8,13-14,22,25H,4,9-12,15H2,1H3,(H,23,24)/t21-/m1/s1. The first-order chi connectivity index (χ1) is 12.6. The van der Waals surface area contributed by atoms with E-state index < -0.39 is 5.60 Å². The molecule has 2 aromatic rings. The van der Waals surface area contributed by atoms with Crippen molar-refractivity contribution in [3.63, 3.8) is 0 Å². The molecule has 0 aromatic heterocycles. The highest BCUT2D eigenvalue weighted by Crippen LogP contribution is 2.25. The lowest BCUT2D eigenvalue weighted by Crippen LogP contribution is -2.43. The third kappa shape index (κ3) is 4.62. The number of amides is 1. The highest BCUT2D eigenvalue weighted by atomic mass is 16.5.